The monoisotopic (exact) mass is 549 g/mol. The lowest BCUT2D eigenvalue weighted by molar-refractivity contribution is -0.279. The fraction of sp³-hybridized carbons (Fsp3) is 0.320. The SMILES string of the molecule is O=C(O)CC(O)C(=O)OC[C@H]1O[C@@H](Oc2cc3c(O)cc(O)cc3[o+]c2-c2ccc(O)cc2)[C@H](O)[C@@H](O)[C@@H]1O. The summed E-state index contributed by atoms with van der Waals surface area (Å²) in [5.74, 6) is -3.60. The number of esters is 1. The molecule has 1 fully saturated rings. The second-order valence-corrected chi connectivity index (χ2v) is 8.74. The van der Waals surface area contributed by atoms with Gasteiger partial charge in [0.05, 0.1) is 18.1 Å². The van der Waals surface area contributed by atoms with Gasteiger partial charge in [-0.1, -0.05) is 0 Å². The molecule has 0 aliphatic carbocycles. The van der Waals surface area contributed by atoms with Crippen LogP contribution in [-0.2, 0) is 19.1 Å². The van der Waals surface area contributed by atoms with E-state index >= 15 is 0 Å². The van der Waals surface area contributed by atoms with Gasteiger partial charge in [0.2, 0.25) is 12.0 Å². The van der Waals surface area contributed by atoms with Crippen molar-refractivity contribution in [3.8, 4) is 34.3 Å². The summed E-state index contributed by atoms with van der Waals surface area (Å²) in [6.07, 6.45) is -11.5. The van der Waals surface area contributed by atoms with Crippen molar-refractivity contribution >= 4 is 22.9 Å². The van der Waals surface area contributed by atoms with Crippen LogP contribution in [0.5, 0.6) is 23.0 Å². The molecule has 14 heteroatoms. The predicted octanol–water partition coefficient (Wildman–Crippen LogP) is 0.0629. The fourth-order valence-electron chi connectivity index (χ4n) is 3.87. The minimum Gasteiger partial charge on any atom is -0.508 e. The summed E-state index contributed by atoms with van der Waals surface area (Å²) in [5.41, 5.74) is 0.407. The number of rotatable bonds is 8. The number of aliphatic hydroxyl groups excluding tert-OH is 4. The first-order chi connectivity index (χ1) is 18.4. The van der Waals surface area contributed by atoms with Crippen LogP contribution in [0, 0.1) is 0 Å². The molecule has 0 amide bonds. The largest absolute Gasteiger partial charge is 0.508 e. The van der Waals surface area contributed by atoms with Crippen LogP contribution in [0.1, 0.15) is 6.42 Å². The fourth-order valence-corrected chi connectivity index (χ4v) is 3.87. The molecule has 1 saturated heterocycles. The number of carboxylic acid groups (broad SMARTS) is 1. The highest BCUT2D eigenvalue weighted by Crippen LogP contribution is 2.40. The van der Waals surface area contributed by atoms with Crippen molar-refractivity contribution in [3.05, 3.63) is 42.5 Å². The third-order valence-electron chi connectivity index (χ3n) is 5.89. The Morgan fingerprint density at radius 1 is 0.949 bits per heavy atom. The maximum atomic E-state index is 11.9. The summed E-state index contributed by atoms with van der Waals surface area (Å²) < 4.78 is 22.0. The van der Waals surface area contributed by atoms with Gasteiger partial charge < -0.3 is 55.1 Å². The summed E-state index contributed by atoms with van der Waals surface area (Å²) in [5, 5.41) is 79.4. The van der Waals surface area contributed by atoms with Crippen LogP contribution in [0.25, 0.3) is 22.3 Å². The summed E-state index contributed by atoms with van der Waals surface area (Å²) in [6, 6.07) is 9.24. The number of carbonyl (C=O) groups excluding carboxylic acids is 1. The molecular weight excluding hydrogens is 524 g/mol. The van der Waals surface area contributed by atoms with Gasteiger partial charge in [-0.25, -0.2) is 9.21 Å². The van der Waals surface area contributed by atoms with Crippen LogP contribution in [0.4, 0.5) is 0 Å². The zero-order valence-electron chi connectivity index (χ0n) is 19.9. The molecule has 0 bridgehead atoms. The molecule has 0 saturated carbocycles. The normalized spacial score (nSPS) is 23.7. The number of hydrogen-bond acceptors (Lipinski definition) is 12. The molecule has 1 aliphatic rings. The van der Waals surface area contributed by atoms with Crippen molar-refractivity contribution < 1.29 is 69.1 Å². The van der Waals surface area contributed by atoms with Crippen LogP contribution in [-0.4, -0.2) is 96.2 Å². The number of fused-ring (bicyclic) bond motifs is 1. The average molecular weight is 549 g/mol. The van der Waals surface area contributed by atoms with Gasteiger partial charge in [-0.2, -0.15) is 0 Å². The summed E-state index contributed by atoms with van der Waals surface area (Å²) in [7, 11) is 0. The number of hydrogen-bond donors (Lipinski definition) is 8. The number of phenols is 3. The van der Waals surface area contributed by atoms with Gasteiger partial charge in [0.25, 0.3) is 0 Å². The maximum absolute atomic E-state index is 11.9. The van der Waals surface area contributed by atoms with Crippen molar-refractivity contribution in [1.29, 1.82) is 0 Å². The van der Waals surface area contributed by atoms with E-state index in [1.165, 1.54) is 36.4 Å². The first-order valence-electron chi connectivity index (χ1n) is 11.5. The van der Waals surface area contributed by atoms with Gasteiger partial charge >= 0.3 is 23.3 Å². The van der Waals surface area contributed by atoms with E-state index in [1.807, 2.05) is 0 Å². The molecule has 6 atom stereocenters. The number of carboxylic acids is 1. The van der Waals surface area contributed by atoms with Gasteiger partial charge in [-0.3, -0.25) is 4.79 Å². The first kappa shape index (κ1) is 27.8. The van der Waals surface area contributed by atoms with E-state index in [4.69, 9.17) is 23.7 Å². The molecule has 1 aliphatic heterocycles. The van der Waals surface area contributed by atoms with Crippen LogP contribution >= 0.6 is 0 Å². The Hall–Kier alpha value is -4.21. The average Bonchev–Trinajstić information content (AvgIpc) is 2.88. The summed E-state index contributed by atoms with van der Waals surface area (Å²) >= 11 is 0. The second kappa shape index (κ2) is 11.3. The minimum absolute atomic E-state index is 0.00341. The van der Waals surface area contributed by atoms with Crippen LogP contribution < -0.4 is 4.74 Å². The van der Waals surface area contributed by atoms with Gasteiger partial charge in [-0.15, -0.1) is 0 Å². The number of aromatic hydroxyl groups is 3. The lowest BCUT2D eigenvalue weighted by atomic mass is 9.99. The van der Waals surface area contributed by atoms with E-state index in [1.54, 1.807) is 0 Å². The maximum Gasteiger partial charge on any atom is 0.402 e. The standard InChI is InChI=1S/C25H24O14/c26-11-3-1-10(2-4-11)23-17(7-13-14(28)5-12(27)6-16(13)37-23)38-25-22(34)21(33)20(32)18(39-25)9-36-24(35)15(29)8-19(30)31/h1-7,15,18,20-22,25,29,32-34H,8-9H2,(H3-,26,27,28,30,31)/p+1/t15?,18-,20-,21+,22-,25-/m1/s1. The topological polar surface area (TPSA) is 235 Å². The summed E-state index contributed by atoms with van der Waals surface area (Å²) in [4.78, 5) is 22.5. The molecule has 2 heterocycles. The number of phenolic OH excluding ortho intramolecular Hbond substituents is 3. The van der Waals surface area contributed by atoms with E-state index in [9.17, 15) is 45.3 Å². The lowest BCUT2D eigenvalue weighted by Gasteiger charge is -2.39. The van der Waals surface area contributed by atoms with Crippen molar-refractivity contribution in [3.63, 3.8) is 0 Å². The molecule has 0 spiro atoms. The Morgan fingerprint density at radius 3 is 2.31 bits per heavy atom. The van der Waals surface area contributed by atoms with Crippen molar-refractivity contribution in [2.75, 3.05) is 6.61 Å². The smallest absolute Gasteiger partial charge is 0.402 e. The number of carbonyl (C=O) groups is 2. The molecule has 1 unspecified atom stereocenters. The van der Waals surface area contributed by atoms with Crippen LogP contribution in [0.2, 0.25) is 0 Å². The highest BCUT2D eigenvalue weighted by molar-refractivity contribution is 5.88. The van der Waals surface area contributed by atoms with Gasteiger partial charge in [-0.05, 0) is 24.3 Å². The van der Waals surface area contributed by atoms with Gasteiger partial charge in [0.1, 0.15) is 53.7 Å². The van der Waals surface area contributed by atoms with Crippen molar-refractivity contribution in [2.45, 2.75) is 43.2 Å². The molecular formula is C25H25O14+. The van der Waals surface area contributed by atoms with Gasteiger partial charge in [0.15, 0.2) is 6.10 Å². The zero-order valence-corrected chi connectivity index (χ0v) is 19.9. The van der Waals surface area contributed by atoms with E-state index in [0.29, 0.717) is 5.56 Å². The molecule has 1 aromatic heterocycles. The Kier molecular flexibility index (Phi) is 8.03. The third-order valence-corrected chi connectivity index (χ3v) is 5.89. The number of aliphatic carboxylic acids is 1. The molecule has 208 valence electrons. The Labute approximate surface area is 219 Å². The van der Waals surface area contributed by atoms with Crippen LogP contribution in [0.15, 0.2) is 46.9 Å². The molecule has 8 N–H and O–H groups in total. The number of ether oxygens (including phenoxy) is 3. The Balaban J connectivity index is 1.63. The van der Waals surface area contributed by atoms with Crippen molar-refractivity contribution in [1.82, 2.24) is 0 Å². The van der Waals surface area contributed by atoms with E-state index < -0.39 is 61.8 Å². The van der Waals surface area contributed by atoms with Crippen molar-refractivity contribution in [2.24, 2.45) is 0 Å². The second-order valence-electron chi connectivity index (χ2n) is 8.74. The number of aliphatic hydroxyl groups is 4. The van der Waals surface area contributed by atoms with Gasteiger partial charge in [0, 0.05) is 12.1 Å². The first-order valence-corrected chi connectivity index (χ1v) is 11.5. The Bertz CT molecular complexity index is 1360. The minimum atomic E-state index is -1.98. The molecule has 0 radical (unpaired) electrons. The third kappa shape index (κ3) is 6.10. The molecule has 3 aromatic rings. The predicted molar refractivity (Wildman–Crippen MR) is 128 cm³/mol. The lowest BCUT2D eigenvalue weighted by Crippen LogP contribution is -2.60. The van der Waals surface area contributed by atoms with E-state index in [-0.39, 0.29) is 39.7 Å². The number of benzene rings is 2. The highest BCUT2D eigenvalue weighted by Gasteiger charge is 2.46. The zero-order chi connectivity index (χ0) is 28.4. The summed E-state index contributed by atoms with van der Waals surface area (Å²) in [6.45, 7) is -0.743. The Morgan fingerprint density at radius 2 is 1.64 bits per heavy atom. The highest BCUT2D eigenvalue weighted by atomic mass is 16.7. The van der Waals surface area contributed by atoms with Crippen LogP contribution in [0.3, 0.4) is 0 Å². The molecule has 39 heavy (non-hydrogen) atoms. The molecule has 2 aromatic carbocycles. The van der Waals surface area contributed by atoms with E-state index in [0.717, 1.165) is 6.07 Å². The molecule has 4 rings (SSSR count). The quantitative estimate of drug-likeness (QED) is 0.137. The molecule has 14 nitrogen and oxygen atoms in total. The van der Waals surface area contributed by atoms with E-state index in [2.05, 4.69) is 0 Å².